The van der Waals surface area contributed by atoms with Gasteiger partial charge in [0.1, 0.15) is 12.2 Å². The zero-order chi connectivity index (χ0) is 12.5. The summed E-state index contributed by atoms with van der Waals surface area (Å²) in [7, 11) is 0. The molecule has 17 heavy (non-hydrogen) atoms. The second kappa shape index (κ2) is 4.33. The number of nitrogens with zero attached hydrogens (tertiary/aromatic N) is 3. The molecule has 0 radical (unpaired) electrons. The van der Waals surface area contributed by atoms with Gasteiger partial charge in [-0.2, -0.15) is 13.2 Å². The quantitative estimate of drug-likeness (QED) is 0.832. The molecule has 2 rings (SSSR count). The molecule has 4 nitrogen and oxygen atoms in total. The molecule has 2 aromatic rings. The molecule has 0 atom stereocenters. The van der Waals surface area contributed by atoms with Crippen LogP contribution >= 0.6 is 0 Å². The first-order chi connectivity index (χ1) is 8.04. The van der Waals surface area contributed by atoms with Gasteiger partial charge < -0.3 is 4.74 Å². The van der Waals surface area contributed by atoms with E-state index in [2.05, 4.69) is 10.2 Å². The Bertz CT molecular complexity index is 521. The van der Waals surface area contributed by atoms with E-state index in [1.165, 1.54) is 16.7 Å². The van der Waals surface area contributed by atoms with E-state index in [0.717, 1.165) is 6.07 Å². The zero-order valence-electron chi connectivity index (χ0n) is 9.03. The minimum absolute atomic E-state index is 0.138. The first-order valence-corrected chi connectivity index (χ1v) is 5.01. The molecule has 0 aliphatic carbocycles. The van der Waals surface area contributed by atoms with Gasteiger partial charge >= 0.3 is 6.18 Å². The van der Waals surface area contributed by atoms with E-state index in [9.17, 15) is 13.2 Å². The molecule has 0 bridgehead atoms. The average molecular weight is 245 g/mol. The van der Waals surface area contributed by atoms with E-state index < -0.39 is 11.7 Å². The Balaban J connectivity index is 2.49. The van der Waals surface area contributed by atoms with Crippen LogP contribution in [0.3, 0.4) is 0 Å². The maximum absolute atomic E-state index is 12.7. The largest absolute Gasteiger partial charge is 0.420 e. The molecule has 0 unspecified atom stereocenters. The molecule has 0 N–H and O–H groups in total. The lowest BCUT2D eigenvalue weighted by Crippen LogP contribution is -2.08. The van der Waals surface area contributed by atoms with Crippen molar-refractivity contribution in [1.82, 2.24) is 14.6 Å². The lowest BCUT2D eigenvalue weighted by molar-refractivity contribution is -0.136. The number of fused-ring (bicyclic) bond motifs is 1. The third kappa shape index (κ3) is 2.23. The fraction of sp³-hybridized carbons (Fsp3) is 0.400. The minimum Gasteiger partial charge on any atom is -0.374 e. The van der Waals surface area contributed by atoms with Crippen LogP contribution in [0.25, 0.3) is 5.65 Å². The highest BCUT2D eigenvalue weighted by Gasteiger charge is 2.34. The van der Waals surface area contributed by atoms with Crippen LogP contribution in [0, 0.1) is 0 Å². The van der Waals surface area contributed by atoms with Gasteiger partial charge in [-0.3, -0.25) is 4.40 Å². The monoisotopic (exact) mass is 245 g/mol. The Kier molecular flexibility index (Phi) is 3.01. The van der Waals surface area contributed by atoms with Gasteiger partial charge in [0.2, 0.25) is 0 Å². The van der Waals surface area contributed by atoms with E-state index in [-0.39, 0.29) is 12.3 Å². The Hall–Kier alpha value is -1.63. The van der Waals surface area contributed by atoms with Gasteiger partial charge in [-0.25, -0.2) is 0 Å². The lowest BCUT2D eigenvalue weighted by atomic mass is 10.2. The van der Waals surface area contributed by atoms with Crippen LogP contribution in [0.1, 0.15) is 18.3 Å². The summed E-state index contributed by atoms with van der Waals surface area (Å²) in [5.74, 6) is 0.355. The minimum atomic E-state index is -4.43. The van der Waals surface area contributed by atoms with Crippen LogP contribution in [0.4, 0.5) is 13.2 Å². The fourth-order valence-electron chi connectivity index (χ4n) is 1.48. The van der Waals surface area contributed by atoms with Crippen LogP contribution in [-0.4, -0.2) is 21.2 Å². The van der Waals surface area contributed by atoms with Gasteiger partial charge in [0.25, 0.3) is 0 Å². The van der Waals surface area contributed by atoms with Crippen molar-refractivity contribution in [1.29, 1.82) is 0 Å². The summed E-state index contributed by atoms with van der Waals surface area (Å²) in [6, 6.07) is 2.29. The smallest absolute Gasteiger partial charge is 0.374 e. The van der Waals surface area contributed by atoms with Gasteiger partial charge in [0, 0.05) is 12.8 Å². The molecular weight excluding hydrogens is 235 g/mol. The van der Waals surface area contributed by atoms with Crippen LogP contribution < -0.4 is 0 Å². The van der Waals surface area contributed by atoms with Crippen molar-refractivity contribution in [2.45, 2.75) is 19.7 Å². The average Bonchev–Trinajstić information content (AvgIpc) is 2.67. The summed E-state index contributed by atoms with van der Waals surface area (Å²) < 4.78 is 44.4. The van der Waals surface area contributed by atoms with Gasteiger partial charge in [0.15, 0.2) is 11.5 Å². The first kappa shape index (κ1) is 11.8. The number of pyridine rings is 1. The number of hydrogen-bond donors (Lipinski definition) is 0. The summed E-state index contributed by atoms with van der Waals surface area (Å²) in [6.07, 6.45) is -2.95. The molecule has 0 saturated heterocycles. The summed E-state index contributed by atoms with van der Waals surface area (Å²) in [5.41, 5.74) is -0.995. The molecule has 0 spiro atoms. The Morgan fingerprint density at radius 3 is 2.76 bits per heavy atom. The molecule has 2 heterocycles. The second-order valence-corrected chi connectivity index (χ2v) is 3.37. The summed E-state index contributed by atoms with van der Waals surface area (Å²) >= 11 is 0. The summed E-state index contributed by atoms with van der Waals surface area (Å²) in [6.45, 7) is 2.40. The number of halogens is 3. The van der Waals surface area contributed by atoms with Crippen LogP contribution in [-0.2, 0) is 17.5 Å². The first-order valence-electron chi connectivity index (χ1n) is 5.01. The zero-order valence-corrected chi connectivity index (χ0v) is 9.03. The fourth-order valence-corrected chi connectivity index (χ4v) is 1.48. The molecule has 92 valence electrons. The molecule has 0 amide bonds. The molecule has 2 aromatic heterocycles. The van der Waals surface area contributed by atoms with E-state index in [1.54, 1.807) is 6.92 Å². The molecule has 0 aliphatic rings. The molecule has 0 aromatic carbocycles. The number of ether oxygens (including phenoxy) is 1. The Morgan fingerprint density at radius 1 is 1.35 bits per heavy atom. The van der Waals surface area contributed by atoms with Crippen molar-refractivity contribution in [3.63, 3.8) is 0 Å². The molecule has 0 aliphatic heterocycles. The third-order valence-electron chi connectivity index (χ3n) is 2.25. The van der Waals surface area contributed by atoms with E-state index in [4.69, 9.17) is 4.74 Å². The van der Waals surface area contributed by atoms with Crippen molar-refractivity contribution in [3.05, 3.63) is 29.7 Å². The topological polar surface area (TPSA) is 39.4 Å². The Morgan fingerprint density at radius 2 is 2.12 bits per heavy atom. The number of alkyl halides is 3. The number of hydrogen-bond acceptors (Lipinski definition) is 3. The van der Waals surface area contributed by atoms with Crippen LogP contribution in [0.2, 0.25) is 0 Å². The SMILES string of the molecule is CCOCc1nnc2c(C(F)(F)F)cccn12. The molecular formula is C10H10F3N3O. The van der Waals surface area contributed by atoms with Crippen LogP contribution in [0.15, 0.2) is 18.3 Å². The normalized spacial score (nSPS) is 12.2. The highest BCUT2D eigenvalue weighted by molar-refractivity contribution is 5.49. The number of rotatable bonds is 3. The molecule has 0 saturated carbocycles. The van der Waals surface area contributed by atoms with Gasteiger partial charge in [0.05, 0.1) is 0 Å². The van der Waals surface area contributed by atoms with Crippen molar-refractivity contribution >= 4 is 5.65 Å². The van der Waals surface area contributed by atoms with E-state index in [0.29, 0.717) is 12.4 Å². The van der Waals surface area contributed by atoms with Crippen molar-refractivity contribution in [2.75, 3.05) is 6.61 Å². The number of aromatic nitrogens is 3. The highest BCUT2D eigenvalue weighted by atomic mass is 19.4. The van der Waals surface area contributed by atoms with Crippen molar-refractivity contribution in [2.24, 2.45) is 0 Å². The predicted molar refractivity (Wildman–Crippen MR) is 53.3 cm³/mol. The van der Waals surface area contributed by atoms with E-state index >= 15 is 0 Å². The predicted octanol–water partition coefficient (Wildman–Crippen LogP) is 2.28. The van der Waals surface area contributed by atoms with Crippen molar-refractivity contribution < 1.29 is 17.9 Å². The lowest BCUT2D eigenvalue weighted by Gasteiger charge is -2.07. The highest BCUT2D eigenvalue weighted by Crippen LogP contribution is 2.31. The third-order valence-corrected chi connectivity index (χ3v) is 2.25. The van der Waals surface area contributed by atoms with E-state index in [1.807, 2.05) is 0 Å². The maximum Gasteiger partial charge on any atom is 0.420 e. The molecule has 0 fully saturated rings. The van der Waals surface area contributed by atoms with Gasteiger partial charge in [-0.1, -0.05) is 0 Å². The van der Waals surface area contributed by atoms with Crippen molar-refractivity contribution in [3.8, 4) is 0 Å². The standard InChI is InChI=1S/C10H10F3N3O/c1-2-17-6-8-14-15-9-7(10(11,12)13)4-3-5-16(8)9/h3-5H,2,6H2,1H3. The Labute approximate surface area is 95.0 Å². The second-order valence-electron chi connectivity index (χ2n) is 3.37. The maximum atomic E-state index is 12.7. The molecule has 7 heteroatoms. The summed E-state index contributed by atoms with van der Waals surface area (Å²) in [5, 5.41) is 7.25. The van der Waals surface area contributed by atoms with Gasteiger partial charge in [-0.15, -0.1) is 10.2 Å². The van der Waals surface area contributed by atoms with Gasteiger partial charge in [-0.05, 0) is 19.1 Å². The summed E-state index contributed by atoms with van der Waals surface area (Å²) in [4.78, 5) is 0. The van der Waals surface area contributed by atoms with Crippen LogP contribution in [0.5, 0.6) is 0 Å².